The number of nitrogen functional groups attached to an aromatic ring is 1. The third-order valence-electron chi connectivity index (χ3n) is 7.35. The summed E-state index contributed by atoms with van der Waals surface area (Å²) < 4.78 is 24.4. The summed E-state index contributed by atoms with van der Waals surface area (Å²) in [4.78, 5) is 13.0. The average Bonchev–Trinajstić information content (AvgIpc) is 3.22. The van der Waals surface area contributed by atoms with E-state index in [1.165, 1.54) is 6.33 Å². The summed E-state index contributed by atoms with van der Waals surface area (Å²) in [6.07, 6.45) is 2.01. The van der Waals surface area contributed by atoms with Crippen molar-refractivity contribution in [3.63, 3.8) is 0 Å². The molecule has 0 aliphatic carbocycles. The molecule has 2 N–H and O–H groups in total. The van der Waals surface area contributed by atoms with Crippen molar-refractivity contribution < 1.29 is 13.6 Å². The topological polar surface area (TPSA) is 97.3 Å². The van der Waals surface area contributed by atoms with Gasteiger partial charge in [-0.1, -0.05) is 41.5 Å². The van der Waals surface area contributed by atoms with Crippen LogP contribution in [0.15, 0.2) is 22.5 Å². The Bertz CT molecular complexity index is 1040. The van der Waals surface area contributed by atoms with Crippen LogP contribution in [0.25, 0.3) is 11.2 Å². The Morgan fingerprint density at radius 2 is 1.58 bits per heavy atom. The minimum Gasteiger partial charge on any atom is -0.468 e. The molecule has 11 heteroatoms. The summed E-state index contributed by atoms with van der Waals surface area (Å²) in [5.74, 6) is 1.12. The van der Waals surface area contributed by atoms with Crippen LogP contribution in [0, 0.1) is 0 Å². The van der Waals surface area contributed by atoms with E-state index >= 15 is 0 Å². The SMILES string of the molecule is CC(C)(C)[Si](C)(C)O[C@@H]1[C@H](O[Si](C)(C)C(C)(C)C)/C(=C/I)O[C@H]1n1cnc2c(N)ncnc21. The van der Waals surface area contributed by atoms with Crippen LogP contribution in [-0.2, 0) is 13.6 Å². The minimum atomic E-state index is -2.17. The van der Waals surface area contributed by atoms with Gasteiger partial charge in [-0.2, -0.15) is 0 Å². The number of aromatic nitrogens is 4. The van der Waals surface area contributed by atoms with Crippen molar-refractivity contribution >= 4 is 56.2 Å². The average molecular weight is 604 g/mol. The molecule has 1 aliphatic rings. The Balaban J connectivity index is 2.12. The predicted molar refractivity (Wildman–Crippen MR) is 146 cm³/mol. The van der Waals surface area contributed by atoms with Crippen LogP contribution >= 0.6 is 22.6 Å². The van der Waals surface area contributed by atoms with Gasteiger partial charge in [0.25, 0.3) is 0 Å². The summed E-state index contributed by atoms with van der Waals surface area (Å²) in [6.45, 7) is 22.5. The third kappa shape index (κ3) is 5.02. The first-order chi connectivity index (χ1) is 15.0. The van der Waals surface area contributed by atoms with Crippen molar-refractivity contribution in [2.45, 2.75) is 96.2 Å². The number of imidazole rings is 1. The van der Waals surface area contributed by atoms with Crippen molar-refractivity contribution in [1.29, 1.82) is 0 Å². The number of nitrogens with zero attached hydrogens (tertiary/aromatic N) is 4. The van der Waals surface area contributed by atoms with Crippen molar-refractivity contribution in [3.05, 3.63) is 22.5 Å². The van der Waals surface area contributed by atoms with Gasteiger partial charge in [0.1, 0.15) is 36.1 Å². The number of hydrogen-bond donors (Lipinski definition) is 1. The molecule has 3 atom stereocenters. The lowest BCUT2D eigenvalue weighted by molar-refractivity contribution is -0.00172. The monoisotopic (exact) mass is 603 g/mol. The second-order valence-corrected chi connectivity index (χ2v) is 21.9. The summed E-state index contributed by atoms with van der Waals surface area (Å²) in [5.41, 5.74) is 7.23. The molecule has 1 fully saturated rings. The smallest absolute Gasteiger partial charge is 0.206 e. The molecule has 0 bridgehead atoms. The zero-order valence-corrected chi connectivity index (χ0v) is 25.6. The van der Waals surface area contributed by atoms with E-state index in [0.29, 0.717) is 17.0 Å². The van der Waals surface area contributed by atoms with E-state index in [1.807, 2.05) is 8.65 Å². The van der Waals surface area contributed by atoms with Gasteiger partial charge in [-0.05, 0) is 58.9 Å². The van der Waals surface area contributed by atoms with E-state index in [2.05, 4.69) is 105 Å². The van der Waals surface area contributed by atoms with Gasteiger partial charge in [0.2, 0.25) is 6.23 Å². The van der Waals surface area contributed by atoms with Crippen LogP contribution in [-0.4, -0.2) is 48.4 Å². The van der Waals surface area contributed by atoms with E-state index in [-0.39, 0.29) is 22.3 Å². The Kier molecular flexibility index (Phi) is 7.15. The maximum Gasteiger partial charge on any atom is 0.206 e. The number of rotatable bonds is 5. The molecule has 0 saturated carbocycles. The Hall–Kier alpha value is -1.03. The Labute approximate surface area is 213 Å². The van der Waals surface area contributed by atoms with E-state index in [0.717, 1.165) is 5.76 Å². The molecule has 0 spiro atoms. The van der Waals surface area contributed by atoms with Crippen LogP contribution < -0.4 is 5.73 Å². The molecule has 0 radical (unpaired) electrons. The van der Waals surface area contributed by atoms with E-state index in [1.54, 1.807) is 6.33 Å². The fourth-order valence-electron chi connectivity index (χ4n) is 3.20. The molecule has 1 saturated heterocycles. The summed E-state index contributed by atoms with van der Waals surface area (Å²) >= 11 is 2.23. The van der Waals surface area contributed by atoms with Gasteiger partial charge in [-0.15, -0.1) is 0 Å². The van der Waals surface area contributed by atoms with Gasteiger partial charge >= 0.3 is 0 Å². The van der Waals surface area contributed by atoms with E-state index in [9.17, 15) is 0 Å². The summed E-state index contributed by atoms with van der Waals surface area (Å²) in [5, 5.41) is 0.0752. The summed E-state index contributed by atoms with van der Waals surface area (Å²) in [6, 6.07) is 0. The maximum absolute atomic E-state index is 7.03. The molecule has 0 aromatic carbocycles. The number of halogens is 1. The van der Waals surface area contributed by atoms with Crippen molar-refractivity contribution in [2.24, 2.45) is 0 Å². The number of ether oxygens (including phenoxy) is 1. The molecule has 0 unspecified atom stereocenters. The maximum atomic E-state index is 7.03. The zero-order chi connectivity index (χ0) is 25.0. The lowest BCUT2D eigenvalue weighted by atomic mass is 10.2. The van der Waals surface area contributed by atoms with Gasteiger partial charge in [-0.25, -0.2) is 15.0 Å². The standard InChI is InChI=1S/C22H38IN5O3Si2/c1-21(2,3)32(7,8)30-16-14(11-23)29-20(17(16)31-33(9,10)22(4,5)6)28-13-27-15-18(24)25-12-26-19(15)28/h11-13,16-17,20H,1-10H3,(H2,24,25,26)/b14-11-/t16-,17-,20-/m1/s1. The van der Waals surface area contributed by atoms with E-state index in [4.69, 9.17) is 19.3 Å². The molecule has 0 amide bonds. The highest BCUT2D eigenvalue weighted by atomic mass is 127. The third-order valence-corrected chi connectivity index (χ3v) is 16.9. The largest absolute Gasteiger partial charge is 0.468 e. The molecule has 1 aliphatic heterocycles. The second-order valence-electron chi connectivity index (χ2n) is 11.7. The van der Waals surface area contributed by atoms with Gasteiger partial charge < -0.3 is 19.3 Å². The quantitative estimate of drug-likeness (QED) is 0.331. The highest BCUT2D eigenvalue weighted by Gasteiger charge is 2.53. The van der Waals surface area contributed by atoms with Crippen LogP contribution in [0.2, 0.25) is 36.3 Å². The molecule has 33 heavy (non-hydrogen) atoms. The van der Waals surface area contributed by atoms with Gasteiger partial charge in [-0.3, -0.25) is 4.57 Å². The number of anilines is 1. The van der Waals surface area contributed by atoms with Crippen LogP contribution in [0.3, 0.4) is 0 Å². The number of hydrogen-bond acceptors (Lipinski definition) is 7. The van der Waals surface area contributed by atoms with Crippen molar-refractivity contribution in [3.8, 4) is 0 Å². The first kappa shape index (κ1) is 26.6. The lowest BCUT2D eigenvalue weighted by Gasteiger charge is -2.43. The first-order valence-corrected chi connectivity index (χ1v) is 18.3. The predicted octanol–water partition coefficient (Wildman–Crippen LogP) is 5.99. The Morgan fingerprint density at radius 3 is 2.12 bits per heavy atom. The van der Waals surface area contributed by atoms with Gasteiger partial charge in [0.05, 0.1) is 0 Å². The molecular formula is C22H38IN5O3Si2. The van der Waals surface area contributed by atoms with Crippen LogP contribution in [0.1, 0.15) is 47.8 Å². The fourth-order valence-corrected chi connectivity index (χ4v) is 6.21. The number of fused-ring (bicyclic) bond motifs is 1. The van der Waals surface area contributed by atoms with Crippen LogP contribution in [0.4, 0.5) is 5.82 Å². The zero-order valence-electron chi connectivity index (χ0n) is 21.4. The first-order valence-electron chi connectivity index (χ1n) is 11.3. The summed E-state index contributed by atoms with van der Waals surface area (Å²) in [7, 11) is -4.30. The van der Waals surface area contributed by atoms with Crippen molar-refractivity contribution in [1.82, 2.24) is 19.5 Å². The lowest BCUT2D eigenvalue weighted by Crippen LogP contribution is -2.52. The minimum absolute atomic E-state index is 0.0273. The Morgan fingerprint density at radius 1 is 1.00 bits per heavy atom. The highest BCUT2D eigenvalue weighted by Crippen LogP contribution is 2.47. The molecule has 3 heterocycles. The van der Waals surface area contributed by atoms with Gasteiger partial charge in [0.15, 0.2) is 28.1 Å². The normalized spacial score (nSPS) is 24.0. The molecule has 8 nitrogen and oxygen atoms in total. The van der Waals surface area contributed by atoms with Crippen LogP contribution in [0.5, 0.6) is 0 Å². The van der Waals surface area contributed by atoms with Gasteiger partial charge in [0, 0.05) is 4.08 Å². The molecule has 2 aromatic heterocycles. The number of nitrogens with two attached hydrogens (primary N) is 1. The fraction of sp³-hybridized carbons (Fsp3) is 0.682. The van der Waals surface area contributed by atoms with E-state index < -0.39 is 22.9 Å². The second kappa shape index (κ2) is 8.88. The molecule has 184 valence electrons. The molecule has 2 aromatic rings. The molecule has 3 rings (SSSR count). The molecular weight excluding hydrogens is 565 g/mol. The highest BCUT2D eigenvalue weighted by molar-refractivity contribution is 14.1. The van der Waals surface area contributed by atoms with Crippen molar-refractivity contribution in [2.75, 3.05) is 5.73 Å².